The summed E-state index contributed by atoms with van der Waals surface area (Å²) in [5, 5.41) is 0. The SMILES string of the molecule is CC(=O)c1cc(N)cc(N)c1.COC1CCC2(C)C(C=CC3C2CCC2(C)C(C(C)CCC=C(C)C)CCC32)C1.Nc1cc(N)cc(C=O)c1. The number of ether oxygens (including phenoxy) is 1. The molecule has 7 nitrogen and oxygen atoms in total. The first-order chi connectivity index (χ1) is 23.6. The van der Waals surface area contributed by atoms with Crippen LogP contribution in [0.5, 0.6) is 0 Å². The maximum atomic E-state index is 10.8. The number of nitrogens with two attached hydrogens (primary N) is 4. The van der Waals surface area contributed by atoms with E-state index in [1.807, 2.05) is 7.11 Å². The highest BCUT2D eigenvalue weighted by Crippen LogP contribution is 2.67. The fraction of sp³-hybridized carbons (Fsp3) is 0.581. The molecule has 4 aliphatic rings. The van der Waals surface area contributed by atoms with E-state index in [0.717, 1.165) is 35.5 Å². The molecule has 0 spiro atoms. The van der Waals surface area contributed by atoms with Gasteiger partial charge in [-0.25, -0.2) is 0 Å². The van der Waals surface area contributed by atoms with Gasteiger partial charge in [-0.05, 0) is 161 Å². The molecule has 0 aromatic heterocycles. The van der Waals surface area contributed by atoms with Crippen LogP contribution in [0.1, 0.15) is 120 Å². The van der Waals surface area contributed by atoms with E-state index in [9.17, 15) is 9.59 Å². The maximum absolute atomic E-state index is 10.8. The number of hydrogen-bond acceptors (Lipinski definition) is 7. The molecule has 2 aromatic carbocycles. The van der Waals surface area contributed by atoms with Crippen molar-refractivity contribution < 1.29 is 14.3 Å². The Morgan fingerprint density at radius 3 is 1.98 bits per heavy atom. The van der Waals surface area contributed by atoms with Crippen LogP contribution in [0.15, 0.2) is 60.2 Å². The Hall–Kier alpha value is -3.58. The summed E-state index contributed by atoms with van der Waals surface area (Å²) >= 11 is 0. The van der Waals surface area contributed by atoms with E-state index >= 15 is 0 Å². The molecule has 8 N–H and O–H groups in total. The van der Waals surface area contributed by atoms with E-state index in [4.69, 9.17) is 27.7 Å². The van der Waals surface area contributed by atoms with Gasteiger partial charge in [-0.3, -0.25) is 9.59 Å². The zero-order chi connectivity index (χ0) is 36.8. The molecule has 3 fully saturated rings. The number of anilines is 4. The van der Waals surface area contributed by atoms with Gasteiger partial charge < -0.3 is 27.7 Å². The minimum Gasteiger partial charge on any atom is -0.399 e. The lowest BCUT2D eigenvalue weighted by Crippen LogP contribution is -2.52. The Labute approximate surface area is 301 Å². The minimum absolute atomic E-state index is 0.0241. The van der Waals surface area contributed by atoms with Crippen molar-refractivity contribution in [3.63, 3.8) is 0 Å². The van der Waals surface area contributed by atoms with Crippen LogP contribution in [0.25, 0.3) is 0 Å². The number of fused-ring (bicyclic) bond motifs is 5. The first kappa shape index (κ1) is 39.2. The van der Waals surface area contributed by atoms with Gasteiger partial charge in [-0.2, -0.15) is 0 Å². The van der Waals surface area contributed by atoms with Crippen LogP contribution in [0, 0.1) is 46.3 Å². The molecular weight excluding hydrogens is 620 g/mol. The average Bonchev–Trinajstić information content (AvgIpc) is 3.41. The molecule has 0 heterocycles. The number of hydrogen-bond donors (Lipinski definition) is 4. The largest absolute Gasteiger partial charge is 0.399 e. The maximum Gasteiger partial charge on any atom is 0.159 e. The number of carbonyl (C=O) groups is 2. The summed E-state index contributed by atoms with van der Waals surface area (Å²) in [7, 11) is 1.91. The normalized spacial score (nSPS) is 31.3. The monoisotopic (exact) mass is 684 g/mol. The topological polar surface area (TPSA) is 147 Å². The molecule has 274 valence electrons. The number of aldehydes is 1. The van der Waals surface area contributed by atoms with Gasteiger partial charge in [0.2, 0.25) is 0 Å². The van der Waals surface area contributed by atoms with E-state index < -0.39 is 0 Å². The van der Waals surface area contributed by atoms with Gasteiger partial charge in [-0.15, -0.1) is 0 Å². The van der Waals surface area contributed by atoms with Crippen molar-refractivity contribution in [2.24, 2.45) is 46.3 Å². The molecule has 0 radical (unpaired) electrons. The first-order valence-corrected chi connectivity index (χ1v) is 18.7. The zero-order valence-electron chi connectivity index (χ0n) is 31.7. The summed E-state index contributed by atoms with van der Waals surface area (Å²) < 4.78 is 5.76. The standard InChI is InChI=1S/C28H46O.C8H10N2O.C7H8N2O/c1-19(2)8-7-9-20(3)24-12-13-25-23-11-10-21-18-22(29-6)14-16-27(21,4)26(23)15-17-28(24,25)5;1-5(11)6-2-7(9)4-8(10)3-6;8-6-1-5(4-10)2-7(9)3-6/h8,10-11,20-26H,7,9,12-18H2,1-6H3;2-4H,9-10H2,1H3;1-4H,8-9H2. The second-order valence-electron chi connectivity index (χ2n) is 16.5. The third-order valence-electron chi connectivity index (χ3n) is 12.9. The first-order valence-electron chi connectivity index (χ1n) is 18.7. The van der Waals surface area contributed by atoms with Crippen molar-refractivity contribution in [3.8, 4) is 0 Å². The molecular formula is C43H64N4O3. The van der Waals surface area contributed by atoms with Crippen molar-refractivity contribution in [1.82, 2.24) is 0 Å². The van der Waals surface area contributed by atoms with Gasteiger partial charge in [-0.1, -0.05) is 44.6 Å². The van der Waals surface area contributed by atoms with Gasteiger partial charge in [0.15, 0.2) is 5.78 Å². The van der Waals surface area contributed by atoms with Crippen molar-refractivity contribution in [2.45, 2.75) is 105 Å². The highest BCUT2D eigenvalue weighted by atomic mass is 16.5. The van der Waals surface area contributed by atoms with Crippen LogP contribution in [-0.4, -0.2) is 25.3 Å². The second-order valence-corrected chi connectivity index (χ2v) is 16.5. The predicted octanol–water partition coefficient (Wildman–Crippen LogP) is 9.54. The molecule has 6 rings (SSSR count). The number of allylic oxidation sites excluding steroid dienone is 4. The number of ketones is 1. The molecule has 3 saturated carbocycles. The molecule has 4 aliphatic carbocycles. The van der Waals surface area contributed by atoms with Crippen LogP contribution in [0.3, 0.4) is 0 Å². The van der Waals surface area contributed by atoms with E-state index in [1.165, 1.54) is 70.3 Å². The number of methoxy groups -OCH3 is 1. The summed E-state index contributed by atoms with van der Waals surface area (Å²) in [6.45, 7) is 13.8. The zero-order valence-corrected chi connectivity index (χ0v) is 31.7. The molecule has 0 bridgehead atoms. The fourth-order valence-corrected chi connectivity index (χ4v) is 10.3. The molecule has 0 saturated heterocycles. The predicted molar refractivity (Wildman–Crippen MR) is 210 cm³/mol. The number of Topliss-reactive ketones (excluding diaryl/α,β-unsaturated/α-hetero) is 1. The minimum atomic E-state index is -0.0241. The van der Waals surface area contributed by atoms with Gasteiger partial charge in [0.1, 0.15) is 6.29 Å². The summed E-state index contributed by atoms with van der Waals surface area (Å²) in [6, 6.07) is 9.59. The Bertz CT molecular complexity index is 1510. The highest BCUT2D eigenvalue weighted by Gasteiger charge is 2.59. The van der Waals surface area contributed by atoms with Crippen molar-refractivity contribution in [3.05, 3.63) is 71.3 Å². The molecule has 50 heavy (non-hydrogen) atoms. The Kier molecular flexibility index (Phi) is 13.0. The van der Waals surface area contributed by atoms with E-state index in [0.29, 0.717) is 57.1 Å². The van der Waals surface area contributed by atoms with E-state index in [2.05, 4.69) is 52.8 Å². The summed E-state index contributed by atoms with van der Waals surface area (Å²) in [5.41, 5.74) is 27.4. The van der Waals surface area contributed by atoms with Crippen molar-refractivity contribution in [1.29, 1.82) is 0 Å². The molecule has 7 heteroatoms. The van der Waals surface area contributed by atoms with Crippen molar-refractivity contribution in [2.75, 3.05) is 30.0 Å². The van der Waals surface area contributed by atoms with Crippen LogP contribution >= 0.6 is 0 Å². The lowest BCUT2D eigenvalue weighted by Gasteiger charge is -2.59. The Morgan fingerprint density at radius 2 is 1.42 bits per heavy atom. The number of carbonyl (C=O) groups excluding carboxylic acids is 2. The van der Waals surface area contributed by atoms with Crippen LogP contribution < -0.4 is 22.9 Å². The number of rotatable bonds is 7. The lowest BCUT2D eigenvalue weighted by atomic mass is 9.46. The van der Waals surface area contributed by atoms with Crippen LogP contribution in [-0.2, 0) is 4.74 Å². The van der Waals surface area contributed by atoms with Gasteiger partial charge in [0.05, 0.1) is 6.10 Å². The average molecular weight is 685 g/mol. The molecule has 0 amide bonds. The molecule has 0 aliphatic heterocycles. The number of benzene rings is 2. The summed E-state index contributed by atoms with van der Waals surface area (Å²) in [5.74, 6) is 5.19. The quantitative estimate of drug-likeness (QED) is 0.0983. The molecule has 9 unspecified atom stereocenters. The molecule has 9 atom stereocenters. The van der Waals surface area contributed by atoms with E-state index in [1.54, 1.807) is 36.4 Å². The molecule has 2 aromatic rings. The van der Waals surface area contributed by atoms with Crippen LogP contribution in [0.2, 0.25) is 0 Å². The summed E-state index contributed by atoms with van der Waals surface area (Å²) in [6.07, 6.45) is 21.4. The van der Waals surface area contributed by atoms with Crippen LogP contribution in [0.4, 0.5) is 22.7 Å². The van der Waals surface area contributed by atoms with Gasteiger partial charge in [0, 0.05) is 41.0 Å². The smallest absolute Gasteiger partial charge is 0.159 e. The number of nitrogen functional groups attached to an aromatic ring is 4. The third-order valence-corrected chi connectivity index (χ3v) is 12.9. The van der Waals surface area contributed by atoms with Gasteiger partial charge >= 0.3 is 0 Å². The Balaban J connectivity index is 0.000000218. The van der Waals surface area contributed by atoms with Gasteiger partial charge in [0.25, 0.3) is 0 Å². The summed E-state index contributed by atoms with van der Waals surface area (Å²) in [4.78, 5) is 21.0. The Morgan fingerprint density at radius 1 is 0.840 bits per heavy atom. The fourth-order valence-electron chi connectivity index (χ4n) is 10.3. The third kappa shape index (κ3) is 9.01. The lowest BCUT2D eigenvalue weighted by molar-refractivity contribution is -0.0866. The van der Waals surface area contributed by atoms with Crippen molar-refractivity contribution >= 4 is 34.8 Å². The second kappa shape index (κ2) is 16.6. The van der Waals surface area contributed by atoms with E-state index in [-0.39, 0.29) is 5.78 Å². The highest BCUT2D eigenvalue weighted by molar-refractivity contribution is 5.95.